The van der Waals surface area contributed by atoms with Gasteiger partial charge in [0.25, 0.3) is 5.91 Å². The molecule has 1 heterocycles. The first-order valence-corrected chi connectivity index (χ1v) is 7.37. The predicted octanol–water partition coefficient (Wildman–Crippen LogP) is 2.38. The highest BCUT2D eigenvalue weighted by atomic mass is 19.1. The summed E-state index contributed by atoms with van der Waals surface area (Å²) in [5.74, 6) is -2.14. The second-order valence-electron chi connectivity index (χ2n) is 5.10. The zero-order chi connectivity index (χ0) is 16.8. The van der Waals surface area contributed by atoms with Gasteiger partial charge < -0.3 is 10.4 Å². The van der Waals surface area contributed by atoms with E-state index in [1.165, 1.54) is 29.1 Å². The average Bonchev–Trinajstić information content (AvgIpc) is 3.01. The van der Waals surface area contributed by atoms with E-state index in [2.05, 4.69) is 10.4 Å². The first-order chi connectivity index (χ1) is 11.0. The molecule has 7 heteroatoms. The van der Waals surface area contributed by atoms with Crippen LogP contribution in [0, 0.1) is 5.82 Å². The number of aliphatic carboxylic acids is 1. The van der Waals surface area contributed by atoms with Crippen molar-refractivity contribution in [3.63, 3.8) is 0 Å². The maximum Gasteiger partial charge on any atom is 0.326 e. The Morgan fingerprint density at radius 1 is 1.35 bits per heavy atom. The number of unbranched alkanes of at least 4 members (excludes halogenated alkanes) is 1. The molecule has 1 amide bonds. The van der Waals surface area contributed by atoms with Crippen LogP contribution in [0.15, 0.2) is 36.5 Å². The van der Waals surface area contributed by atoms with Crippen molar-refractivity contribution >= 4 is 11.9 Å². The fourth-order valence-corrected chi connectivity index (χ4v) is 2.11. The molecule has 0 unspecified atom stereocenters. The average molecular weight is 319 g/mol. The summed E-state index contributed by atoms with van der Waals surface area (Å²) in [6.45, 7) is 1.94. The molecule has 0 fully saturated rings. The quantitative estimate of drug-likeness (QED) is 0.820. The van der Waals surface area contributed by atoms with Crippen LogP contribution in [-0.2, 0) is 4.79 Å². The third kappa shape index (κ3) is 4.15. The Kier molecular flexibility index (Phi) is 5.46. The van der Waals surface area contributed by atoms with Gasteiger partial charge in [-0.25, -0.2) is 13.9 Å². The van der Waals surface area contributed by atoms with Crippen LogP contribution in [0.3, 0.4) is 0 Å². The minimum absolute atomic E-state index is 0.0380. The monoisotopic (exact) mass is 319 g/mol. The van der Waals surface area contributed by atoms with Crippen molar-refractivity contribution in [1.82, 2.24) is 15.1 Å². The predicted molar refractivity (Wildman–Crippen MR) is 81.9 cm³/mol. The van der Waals surface area contributed by atoms with Crippen LogP contribution in [0.1, 0.15) is 36.7 Å². The number of para-hydroxylation sites is 1. The van der Waals surface area contributed by atoms with Crippen LogP contribution >= 0.6 is 0 Å². The van der Waals surface area contributed by atoms with Gasteiger partial charge in [0.2, 0.25) is 0 Å². The van der Waals surface area contributed by atoms with E-state index in [0.717, 1.165) is 6.42 Å². The molecule has 2 rings (SSSR count). The molecule has 1 aromatic carbocycles. The Bertz CT molecular complexity index is 699. The second kappa shape index (κ2) is 7.53. The smallest absolute Gasteiger partial charge is 0.326 e. The summed E-state index contributed by atoms with van der Waals surface area (Å²) in [5, 5.41) is 15.6. The molecule has 0 spiro atoms. The lowest BCUT2D eigenvalue weighted by atomic mass is 10.1. The summed E-state index contributed by atoms with van der Waals surface area (Å²) in [5.41, 5.74) is 0.253. The van der Waals surface area contributed by atoms with Gasteiger partial charge in [0, 0.05) is 6.20 Å². The van der Waals surface area contributed by atoms with Crippen LogP contribution in [0.5, 0.6) is 0 Å². The minimum Gasteiger partial charge on any atom is -0.480 e. The molecule has 122 valence electrons. The number of rotatable bonds is 7. The Hall–Kier alpha value is -2.70. The lowest BCUT2D eigenvalue weighted by molar-refractivity contribution is -0.139. The van der Waals surface area contributed by atoms with Gasteiger partial charge in [-0.15, -0.1) is 0 Å². The number of aromatic nitrogens is 2. The van der Waals surface area contributed by atoms with E-state index >= 15 is 0 Å². The molecule has 0 aliphatic heterocycles. The fraction of sp³-hybridized carbons (Fsp3) is 0.312. The first-order valence-electron chi connectivity index (χ1n) is 7.37. The molecule has 2 aromatic rings. The number of amides is 1. The number of hydrogen-bond donors (Lipinski definition) is 2. The molecule has 0 aliphatic carbocycles. The molecule has 1 atom stereocenters. The molecule has 0 saturated heterocycles. The third-order valence-corrected chi connectivity index (χ3v) is 3.37. The van der Waals surface area contributed by atoms with Crippen LogP contribution in [0.25, 0.3) is 5.69 Å². The number of carbonyl (C=O) groups is 2. The van der Waals surface area contributed by atoms with Gasteiger partial charge >= 0.3 is 5.97 Å². The van der Waals surface area contributed by atoms with Gasteiger partial charge in [-0.1, -0.05) is 31.9 Å². The molecule has 23 heavy (non-hydrogen) atoms. The molecule has 2 N–H and O–H groups in total. The molecular weight excluding hydrogens is 301 g/mol. The van der Waals surface area contributed by atoms with Crippen LogP contribution in [0.2, 0.25) is 0 Å². The van der Waals surface area contributed by atoms with Crippen LogP contribution < -0.4 is 5.32 Å². The first kappa shape index (κ1) is 16.7. The number of halogens is 1. The maximum atomic E-state index is 13.7. The Labute approximate surface area is 132 Å². The van der Waals surface area contributed by atoms with Crippen molar-refractivity contribution in [1.29, 1.82) is 0 Å². The SMILES string of the molecule is CCCC[C@H](NC(=O)c1ccn(-c2ccccc2F)n1)C(=O)O. The van der Waals surface area contributed by atoms with E-state index in [-0.39, 0.29) is 11.4 Å². The van der Waals surface area contributed by atoms with E-state index in [0.29, 0.717) is 12.8 Å². The largest absolute Gasteiger partial charge is 0.480 e. The van der Waals surface area contributed by atoms with Crippen LogP contribution in [0.4, 0.5) is 4.39 Å². The normalized spacial score (nSPS) is 11.9. The number of nitrogens with one attached hydrogen (secondary N) is 1. The van der Waals surface area contributed by atoms with Crippen molar-refractivity contribution in [3.05, 3.63) is 48.0 Å². The second-order valence-corrected chi connectivity index (χ2v) is 5.10. The van der Waals surface area contributed by atoms with E-state index in [1.54, 1.807) is 12.1 Å². The van der Waals surface area contributed by atoms with Gasteiger partial charge in [0.15, 0.2) is 5.69 Å². The van der Waals surface area contributed by atoms with E-state index in [1.807, 2.05) is 6.92 Å². The van der Waals surface area contributed by atoms with E-state index in [4.69, 9.17) is 5.11 Å². The number of hydrogen-bond acceptors (Lipinski definition) is 3. The van der Waals surface area contributed by atoms with Crippen molar-refractivity contribution < 1.29 is 19.1 Å². The zero-order valence-electron chi connectivity index (χ0n) is 12.7. The Morgan fingerprint density at radius 3 is 2.74 bits per heavy atom. The summed E-state index contributed by atoms with van der Waals surface area (Å²) in [4.78, 5) is 23.3. The number of benzene rings is 1. The summed E-state index contributed by atoms with van der Waals surface area (Å²) in [6.07, 6.45) is 3.34. The number of carboxylic acid groups (broad SMARTS) is 1. The van der Waals surface area contributed by atoms with E-state index < -0.39 is 23.7 Å². The van der Waals surface area contributed by atoms with Crippen molar-refractivity contribution in [3.8, 4) is 5.69 Å². The lowest BCUT2D eigenvalue weighted by Crippen LogP contribution is -2.40. The van der Waals surface area contributed by atoms with Gasteiger partial charge in [-0.3, -0.25) is 4.79 Å². The Morgan fingerprint density at radius 2 is 2.09 bits per heavy atom. The summed E-state index contributed by atoms with van der Waals surface area (Å²) in [6, 6.07) is 6.50. The van der Waals surface area contributed by atoms with Gasteiger partial charge in [0.1, 0.15) is 17.5 Å². The van der Waals surface area contributed by atoms with Crippen LogP contribution in [-0.4, -0.2) is 32.8 Å². The van der Waals surface area contributed by atoms with E-state index in [9.17, 15) is 14.0 Å². The number of carboxylic acids is 1. The standard InChI is InChI=1S/C16H18FN3O3/c1-2-3-7-13(16(22)23)18-15(21)12-9-10-20(19-12)14-8-5-4-6-11(14)17/h4-6,8-10,13H,2-3,7H2,1H3,(H,18,21)(H,22,23)/t13-/m0/s1. The minimum atomic E-state index is -1.08. The molecule has 6 nitrogen and oxygen atoms in total. The molecule has 0 saturated carbocycles. The maximum absolute atomic E-state index is 13.7. The topological polar surface area (TPSA) is 84.2 Å². The van der Waals surface area contributed by atoms with Gasteiger partial charge in [-0.05, 0) is 24.6 Å². The lowest BCUT2D eigenvalue weighted by Gasteiger charge is -2.12. The highest BCUT2D eigenvalue weighted by molar-refractivity contribution is 5.94. The zero-order valence-corrected chi connectivity index (χ0v) is 12.7. The van der Waals surface area contributed by atoms with Gasteiger partial charge in [-0.2, -0.15) is 5.10 Å². The molecule has 0 bridgehead atoms. The Balaban J connectivity index is 2.12. The van der Waals surface area contributed by atoms with Crippen molar-refractivity contribution in [2.45, 2.75) is 32.2 Å². The highest BCUT2D eigenvalue weighted by Crippen LogP contribution is 2.12. The number of carbonyl (C=O) groups excluding carboxylic acids is 1. The molecular formula is C16H18FN3O3. The number of nitrogens with zero attached hydrogens (tertiary/aromatic N) is 2. The molecule has 1 aromatic heterocycles. The van der Waals surface area contributed by atoms with Crippen molar-refractivity contribution in [2.24, 2.45) is 0 Å². The highest BCUT2D eigenvalue weighted by Gasteiger charge is 2.21. The summed E-state index contributed by atoms with van der Waals surface area (Å²) < 4.78 is 14.9. The fourth-order valence-electron chi connectivity index (χ4n) is 2.11. The van der Waals surface area contributed by atoms with Gasteiger partial charge in [0.05, 0.1) is 0 Å². The molecule has 0 aliphatic rings. The summed E-state index contributed by atoms with van der Waals surface area (Å²) >= 11 is 0. The molecule has 0 radical (unpaired) electrons. The summed E-state index contributed by atoms with van der Waals surface area (Å²) in [7, 11) is 0. The van der Waals surface area contributed by atoms with Crippen molar-refractivity contribution in [2.75, 3.05) is 0 Å². The third-order valence-electron chi connectivity index (χ3n) is 3.37.